The van der Waals surface area contributed by atoms with Crippen LogP contribution in [-0.4, -0.2) is 33.7 Å². The molecule has 0 saturated carbocycles. The molecule has 0 N–H and O–H groups in total. The van der Waals surface area contributed by atoms with Crippen LogP contribution in [0.15, 0.2) is 42.5 Å². The van der Waals surface area contributed by atoms with Crippen molar-refractivity contribution in [3.8, 4) is 0 Å². The molecule has 0 bridgehead atoms. The Hall–Kier alpha value is -2.26. The molecule has 1 heterocycles. The zero-order chi connectivity index (χ0) is 20.7. The van der Waals surface area contributed by atoms with E-state index in [1.807, 2.05) is 12.1 Å². The summed E-state index contributed by atoms with van der Waals surface area (Å²) in [5.41, 5.74) is 0.181. The number of amides is 1. The summed E-state index contributed by atoms with van der Waals surface area (Å²) in [6.07, 6.45) is -3.30. The zero-order valence-corrected chi connectivity index (χ0v) is 16.3. The van der Waals surface area contributed by atoms with E-state index < -0.39 is 39.2 Å². The minimum atomic E-state index is -4.76. The van der Waals surface area contributed by atoms with Gasteiger partial charge in [0.15, 0.2) is 0 Å². The van der Waals surface area contributed by atoms with Crippen molar-refractivity contribution >= 4 is 38.9 Å². The van der Waals surface area contributed by atoms with Crippen molar-refractivity contribution < 1.29 is 26.4 Å². The molecular formula is C18H16ClF3N2O3S. The topological polar surface area (TPSA) is 57.7 Å². The van der Waals surface area contributed by atoms with Crippen LogP contribution in [0.2, 0.25) is 5.02 Å². The van der Waals surface area contributed by atoms with E-state index in [2.05, 4.69) is 0 Å². The Kier molecular flexibility index (Phi) is 5.33. The Morgan fingerprint density at radius 2 is 1.89 bits per heavy atom. The van der Waals surface area contributed by atoms with Crippen molar-refractivity contribution in [2.45, 2.75) is 12.6 Å². The fourth-order valence-corrected chi connectivity index (χ4v) is 4.16. The van der Waals surface area contributed by atoms with Gasteiger partial charge in [-0.2, -0.15) is 13.2 Å². The van der Waals surface area contributed by atoms with Gasteiger partial charge in [-0.15, -0.1) is 0 Å². The molecule has 0 atom stereocenters. The first-order valence-electron chi connectivity index (χ1n) is 8.21. The third kappa shape index (κ3) is 4.10. The van der Waals surface area contributed by atoms with Crippen LogP contribution in [-0.2, 0) is 27.4 Å². The van der Waals surface area contributed by atoms with Gasteiger partial charge in [0.1, 0.15) is 6.54 Å². The average Bonchev–Trinajstić information content (AvgIpc) is 3.02. The number of anilines is 2. The number of nitrogens with zero attached hydrogens (tertiary/aromatic N) is 2. The number of halogens is 4. The van der Waals surface area contributed by atoms with E-state index in [0.717, 1.165) is 24.0 Å². The van der Waals surface area contributed by atoms with E-state index in [9.17, 15) is 26.4 Å². The zero-order valence-electron chi connectivity index (χ0n) is 14.7. The fourth-order valence-electron chi connectivity index (χ4n) is 3.09. The van der Waals surface area contributed by atoms with Crippen molar-refractivity contribution in [2.24, 2.45) is 0 Å². The highest BCUT2D eigenvalue weighted by Gasteiger charge is 2.35. The van der Waals surface area contributed by atoms with Crippen LogP contribution in [0.5, 0.6) is 0 Å². The molecular weight excluding hydrogens is 417 g/mol. The molecule has 2 aromatic rings. The summed E-state index contributed by atoms with van der Waals surface area (Å²) >= 11 is 5.60. The normalized spacial score (nSPS) is 14.1. The minimum Gasteiger partial charge on any atom is -0.310 e. The molecule has 10 heteroatoms. The van der Waals surface area contributed by atoms with Gasteiger partial charge in [0.05, 0.1) is 22.5 Å². The second-order valence-corrected chi connectivity index (χ2v) is 8.67. The molecule has 1 aliphatic rings. The number of fused-ring (bicyclic) bond motifs is 1. The van der Waals surface area contributed by atoms with Crippen molar-refractivity contribution in [1.29, 1.82) is 0 Å². The van der Waals surface area contributed by atoms with Crippen molar-refractivity contribution in [2.75, 3.05) is 28.6 Å². The summed E-state index contributed by atoms with van der Waals surface area (Å²) in [4.78, 5) is 14.2. The van der Waals surface area contributed by atoms with Crippen LogP contribution in [0.25, 0.3) is 0 Å². The smallest absolute Gasteiger partial charge is 0.310 e. The summed E-state index contributed by atoms with van der Waals surface area (Å²) in [7, 11) is -4.02. The molecule has 1 aliphatic heterocycles. The lowest BCUT2D eigenvalue weighted by Gasteiger charge is -2.26. The summed E-state index contributed by atoms with van der Waals surface area (Å²) < 4.78 is 64.5. The predicted molar refractivity (Wildman–Crippen MR) is 101 cm³/mol. The molecule has 0 spiro atoms. The first-order valence-corrected chi connectivity index (χ1v) is 10.4. The lowest BCUT2D eigenvalue weighted by molar-refractivity contribution is -0.137. The van der Waals surface area contributed by atoms with Gasteiger partial charge in [-0.25, -0.2) is 8.42 Å². The molecule has 0 saturated heterocycles. The standard InChI is InChI=1S/C18H16ClF3N2O3S/c1-28(26,27)24(13-6-7-15(19)14(10-13)18(20,21)22)11-17(25)23-9-8-12-4-2-3-5-16(12)23/h2-7,10H,8-9,11H2,1H3. The lowest BCUT2D eigenvalue weighted by Crippen LogP contribution is -2.42. The molecule has 2 aromatic carbocycles. The number of sulfonamides is 1. The second-order valence-electron chi connectivity index (χ2n) is 6.36. The number of rotatable bonds is 4. The molecule has 0 fully saturated rings. The average molecular weight is 433 g/mol. The maximum Gasteiger partial charge on any atom is 0.417 e. The summed E-state index contributed by atoms with van der Waals surface area (Å²) in [5.74, 6) is -0.529. The Balaban J connectivity index is 1.94. The molecule has 1 amide bonds. The van der Waals surface area contributed by atoms with Gasteiger partial charge in [-0.1, -0.05) is 29.8 Å². The largest absolute Gasteiger partial charge is 0.417 e. The number of hydrogen-bond acceptors (Lipinski definition) is 3. The van der Waals surface area contributed by atoms with E-state index in [1.165, 1.54) is 4.90 Å². The first kappa shape index (κ1) is 20.5. The monoisotopic (exact) mass is 432 g/mol. The number of benzene rings is 2. The fraction of sp³-hybridized carbons (Fsp3) is 0.278. The highest BCUT2D eigenvalue weighted by atomic mass is 35.5. The molecule has 28 heavy (non-hydrogen) atoms. The number of carbonyl (C=O) groups excluding carboxylic acids is 1. The highest BCUT2D eigenvalue weighted by molar-refractivity contribution is 7.92. The van der Waals surface area contributed by atoms with Gasteiger partial charge in [0.2, 0.25) is 15.9 Å². The molecule has 5 nitrogen and oxygen atoms in total. The minimum absolute atomic E-state index is 0.278. The van der Waals surface area contributed by atoms with Crippen molar-refractivity contribution in [3.63, 3.8) is 0 Å². The third-order valence-corrected chi connectivity index (χ3v) is 5.88. The molecule has 150 valence electrons. The van der Waals surface area contributed by atoms with Gasteiger partial charge in [-0.3, -0.25) is 9.10 Å². The first-order chi connectivity index (χ1) is 13.0. The van der Waals surface area contributed by atoms with Crippen LogP contribution >= 0.6 is 11.6 Å². The van der Waals surface area contributed by atoms with Crippen LogP contribution in [0.1, 0.15) is 11.1 Å². The second kappa shape index (κ2) is 7.29. The van der Waals surface area contributed by atoms with Gasteiger partial charge < -0.3 is 4.90 Å². The maximum atomic E-state index is 13.1. The molecule has 0 aliphatic carbocycles. The molecule has 0 aromatic heterocycles. The molecule has 0 radical (unpaired) electrons. The number of carbonyl (C=O) groups is 1. The van der Waals surface area contributed by atoms with Crippen LogP contribution < -0.4 is 9.21 Å². The van der Waals surface area contributed by atoms with E-state index in [0.29, 0.717) is 29.0 Å². The third-order valence-electron chi connectivity index (χ3n) is 4.41. The van der Waals surface area contributed by atoms with Crippen molar-refractivity contribution in [1.82, 2.24) is 0 Å². The van der Waals surface area contributed by atoms with Gasteiger partial charge >= 0.3 is 6.18 Å². The summed E-state index contributed by atoms with van der Waals surface area (Å²) in [6, 6.07) is 9.95. The van der Waals surface area contributed by atoms with Crippen molar-refractivity contribution in [3.05, 3.63) is 58.6 Å². The van der Waals surface area contributed by atoms with E-state index >= 15 is 0 Å². The Bertz CT molecular complexity index is 1020. The Labute approximate surface area is 165 Å². The quantitative estimate of drug-likeness (QED) is 0.740. The summed E-state index contributed by atoms with van der Waals surface area (Å²) in [6.45, 7) is -0.240. The van der Waals surface area contributed by atoms with Crippen LogP contribution in [0.3, 0.4) is 0 Å². The highest BCUT2D eigenvalue weighted by Crippen LogP contribution is 2.37. The van der Waals surface area contributed by atoms with Crippen LogP contribution in [0, 0.1) is 0 Å². The van der Waals surface area contributed by atoms with Gasteiger partial charge in [0.25, 0.3) is 0 Å². The van der Waals surface area contributed by atoms with Crippen LogP contribution in [0.4, 0.5) is 24.5 Å². The van der Waals surface area contributed by atoms with E-state index in [4.69, 9.17) is 11.6 Å². The number of para-hydroxylation sites is 1. The van der Waals surface area contributed by atoms with E-state index in [-0.39, 0.29) is 5.69 Å². The SMILES string of the molecule is CS(=O)(=O)N(CC(=O)N1CCc2ccccc21)c1ccc(Cl)c(C(F)(F)F)c1. The van der Waals surface area contributed by atoms with Gasteiger partial charge in [-0.05, 0) is 36.2 Å². The Morgan fingerprint density at radius 1 is 1.21 bits per heavy atom. The maximum absolute atomic E-state index is 13.1. The lowest BCUT2D eigenvalue weighted by atomic mass is 10.2. The number of alkyl halides is 3. The Morgan fingerprint density at radius 3 is 2.54 bits per heavy atom. The molecule has 3 rings (SSSR count). The van der Waals surface area contributed by atoms with E-state index in [1.54, 1.807) is 12.1 Å². The van der Waals surface area contributed by atoms with Gasteiger partial charge in [0, 0.05) is 12.2 Å². The predicted octanol–water partition coefficient (Wildman–Crippen LogP) is 3.71. The molecule has 0 unspecified atom stereocenters. The summed E-state index contributed by atoms with van der Waals surface area (Å²) in [5, 5.41) is -0.551. The number of hydrogen-bond donors (Lipinski definition) is 0.